The van der Waals surface area contributed by atoms with Crippen LogP contribution in [0.25, 0.3) is 0 Å². The molecule has 0 spiro atoms. The summed E-state index contributed by atoms with van der Waals surface area (Å²) in [7, 11) is 0. The lowest BCUT2D eigenvalue weighted by molar-refractivity contribution is 0.542. The number of aryl methyl sites for hydroxylation is 2. The summed E-state index contributed by atoms with van der Waals surface area (Å²) in [5.41, 5.74) is 3.84. The van der Waals surface area contributed by atoms with Crippen molar-refractivity contribution in [3.8, 4) is 0 Å². The molecule has 1 aliphatic rings. The Morgan fingerprint density at radius 2 is 2.25 bits per heavy atom. The van der Waals surface area contributed by atoms with Gasteiger partial charge in [0.1, 0.15) is 0 Å². The molecule has 1 atom stereocenters. The molecule has 0 fully saturated rings. The Kier molecular flexibility index (Phi) is 3.97. The van der Waals surface area contributed by atoms with Gasteiger partial charge >= 0.3 is 0 Å². The number of anilines is 1. The zero-order valence-corrected chi connectivity index (χ0v) is 12.5. The van der Waals surface area contributed by atoms with E-state index in [1.54, 1.807) is 6.20 Å². The molecular weight excluding hydrogens is 270 g/mol. The van der Waals surface area contributed by atoms with Crippen molar-refractivity contribution in [3.63, 3.8) is 0 Å². The molecule has 106 valence electrons. The Hall–Kier alpha value is -1.48. The predicted molar refractivity (Wildman–Crippen MR) is 83.4 cm³/mol. The molecule has 0 aliphatic carbocycles. The third-order valence-electron chi connectivity index (χ3n) is 3.91. The minimum absolute atomic E-state index is 0.440. The number of hydrogen-bond acceptors (Lipinski definition) is 2. The monoisotopic (exact) mass is 289 g/mol. The first-order chi connectivity index (χ1) is 9.78. The van der Waals surface area contributed by atoms with Gasteiger partial charge in [-0.1, -0.05) is 36.7 Å². The molecule has 0 saturated heterocycles. The lowest BCUT2D eigenvalue weighted by Gasteiger charge is -2.27. The fraction of sp³-hybridized carbons (Fsp3) is 0.438. The molecule has 0 saturated carbocycles. The smallest absolute Gasteiger partial charge is 0.0818 e. The van der Waals surface area contributed by atoms with E-state index in [1.165, 1.54) is 11.3 Å². The molecule has 1 N–H and O–H groups in total. The third kappa shape index (κ3) is 2.68. The number of rotatable bonds is 4. The molecule has 1 unspecified atom stereocenters. The van der Waals surface area contributed by atoms with Crippen molar-refractivity contribution in [2.24, 2.45) is 0 Å². The van der Waals surface area contributed by atoms with Gasteiger partial charge in [-0.3, -0.25) is 4.68 Å². The first-order valence-corrected chi connectivity index (χ1v) is 7.70. The Bertz CT molecular complexity index is 591. The van der Waals surface area contributed by atoms with Gasteiger partial charge in [0.2, 0.25) is 0 Å². The van der Waals surface area contributed by atoms with Crippen molar-refractivity contribution in [3.05, 3.63) is 46.7 Å². The van der Waals surface area contributed by atoms with E-state index in [2.05, 4.69) is 41.6 Å². The largest absolute Gasteiger partial charge is 0.382 e. The number of benzene rings is 1. The third-order valence-corrected chi connectivity index (χ3v) is 4.23. The summed E-state index contributed by atoms with van der Waals surface area (Å²) in [4.78, 5) is 0. The van der Waals surface area contributed by atoms with Crippen LogP contribution in [0.15, 0.2) is 30.5 Å². The van der Waals surface area contributed by atoms with Crippen LogP contribution in [-0.2, 0) is 19.4 Å². The van der Waals surface area contributed by atoms with Crippen LogP contribution < -0.4 is 5.32 Å². The summed E-state index contributed by atoms with van der Waals surface area (Å²) in [6.07, 6.45) is 6.06. The average Bonchev–Trinajstić information content (AvgIpc) is 2.81. The predicted octanol–water partition coefficient (Wildman–Crippen LogP) is 3.92. The minimum Gasteiger partial charge on any atom is -0.382 e. The van der Waals surface area contributed by atoms with E-state index in [0.29, 0.717) is 6.04 Å². The van der Waals surface area contributed by atoms with Crippen molar-refractivity contribution < 1.29 is 0 Å². The normalized spacial score (nSPS) is 17.6. The van der Waals surface area contributed by atoms with Gasteiger partial charge in [0.05, 0.1) is 16.9 Å². The second-order valence-electron chi connectivity index (χ2n) is 5.40. The molecule has 0 radical (unpaired) electrons. The molecule has 2 heterocycles. The van der Waals surface area contributed by atoms with Crippen LogP contribution in [0.5, 0.6) is 0 Å². The van der Waals surface area contributed by atoms with E-state index in [1.807, 2.05) is 4.68 Å². The summed E-state index contributed by atoms with van der Waals surface area (Å²) in [5, 5.41) is 8.80. The maximum Gasteiger partial charge on any atom is 0.0818 e. The van der Waals surface area contributed by atoms with Crippen LogP contribution in [0, 0.1) is 0 Å². The van der Waals surface area contributed by atoms with E-state index < -0.39 is 0 Å². The maximum atomic E-state index is 6.29. The lowest BCUT2D eigenvalue weighted by atomic mass is 9.95. The first kappa shape index (κ1) is 13.5. The zero-order valence-electron chi connectivity index (χ0n) is 11.8. The molecule has 3 nitrogen and oxygen atoms in total. The fourth-order valence-electron chi connectivity index (χ4n) is 2.88. The van der Waals surface area contributed by atoms with Crippen LogP contribution in [-0.4, -0.2) is 15.8 Å². The average molecular weight is 290 g/mol. The molecule has 1 aromatic heterocycles. The van der Waals surface area contributed by atoms with E-state index in [0.717, 1.165) is 42.9 Å². The molecule has 2 aromatic rings. The highest BCUT2D eigenvalue weighted by molar-refractivity contribution is 6.31. The molecule has 4 heteroatoms. The fourth-order valence-corrected chi connectivity index (χ4v) is 3.10. The summed E-state index contributed by atoms with van der Waals surface area (Å²) in [6.45, 7) is 3.10. The van der Waals surface area contributed by atoms with Crippen LogP contribution >= 0.6 is 11.6 Å². The van der Waals surface area contributed by atoms with Gasteiger partial charge in [-0.2, -0.15) is 5.10 Å². The van der Waals surface area contributed by atoms with Gasteiger partial charge in [0, 0.05) is 24.7 Å². The number of nitrogens with zero attached hydrogens (tertiary/aromatic N) is 2. The Morgan fingerprint density at radius 3 is 3.10 bits per heavy atom. The summed E-state index contributed by atoms with van der Waals surface area (Å²) >= 11 is 6.29. The number of hydrogen-bond donors (Lipinski definition) is 1. The number of fused-ring (bicyclic) bond motifs is 1. The molecule has 0 bridgehead atoms. The van der Waals surface area contributed by atoms with Gasteiger partial charge in [-0.05, 0) is 30.9 Å². The minimum atomic E-state index is 0.440. The van der Waals surface area contributed by atoms with E-state index in [4.69, 9.17) is 11.6 Å². The van der Waals surface area contributed by atoms with Gasteiger partial charge in [0.15, 0.2) is 0 Å². The Balaban J connectivity index is 1.75. The van der Waals surface area contributed by atoms with Gasteiger partial charge in [0.25, 0.3) is 0 Å². The molecule has 0 amide bonds. The molecule has 3 rings (SSSR count). The van der Waals surface area contributed by atoms with E-state index in [-0.39, 0.29) is 0 Å². The van der Waals surface area contributed by atoms with E-state index >= 15 is 0 Å². The van der Waals surface area contributed by atoms with Gasteiger partial charge in [-0.25, -0.2) is 0 Å². The van der Waals surface area contributed by atoms with Gasteiger partial charge < -0.3 is 5.32 Å². The topological polar surface area (TPSA) is 29.9 Å². The van der Waals surface area contributed by atoms with Crippen LogP contribution in [0.1, 0.15) is 31.0 Å². The standard InChI is InChI=1S/C16H20ClN3/c1-2-9-20-16(14(17)11-18-20)10-13-8-7-12-5-3-4-6-15(12)19-13/h3-6,11,13,19H,2,7-10H2,1H3. The van der Waals surface area contributed by atoms with Gasteiger partial charge in [-0.15, -0.1) is 0 Å². The highest BCUT2D eigenvalue weighted by atomic mass is 35.5. The van der Waals surface area contributed by atoms with Crippen LogP contribution in [0.3, 0.4) is 0 Å². The van der Waals surface area contributed by atoms with E-state index in [9.17, 15) is 0 Å². The molecule has 1 aromatic carbocycles. The van der Waals surface area contributed by atoms with Crippen molar-refractivity contribution in [2.75, 3.05) is 5.32 Å². The highest BCUT2D eigenvalue weighted by Gasteiger charge is 2.20. The quantitative estimate of drug-likeness (QED) is 0.925. The van der Waals surface area contributed by atoms with Crippen molar-refractivity contribution in [2.45, 2.75) is 45.2 Å². The first-order valence-electron chi connectivity index (χ1n) is 7.32. The second kappa shape index (κ2) is 5.88. The molecule has 1 aliphatic heterocycles. The van der Waals surface area contributed by atoms with Crippen LogP contribution in [0.4, 0.5) is 5.69 Å². The van der Waals surface area contributed by atoms with Crippen molar-refractivity contribution in [1.82, 2.24) is 9.78 Å². The molecule has 20 heavy (non-hydrogen) atoms. The van der Waals surface area contributed by atoms with Crippen LogP contribution in [0.2, 0.25) is 5.02 Å². The number of nitrogens with one attached hydrogen (secondary N) is 1. The number of halogens is 1. The number of para-hydroxylation sites is 1. The second-order valence-corrected chi connectivity index (χ2v) is 5.81. The summed E-state index contributed by atoms with van der Waals surface area (Å²) in [5.74, 6) is 0. The number of aromatic nitrogens is 2. The summed E-state index contributed by atoms with van der Waals surface area (Å²) < 4.78 is 2.05. The van der Waals surface area contributed by atoms with Crippen molar-refractivity contribution in [1.29, 1.82) is 0 Å². The Morgan fingerprint density at radius 1 is 1.40 bits per heavy atom. The van der Waals surface area contributed by atoms with Crippen molar-refractivity contribution >= 4 is 17.3 Å². The lowest BCUT2D eigenvalue weighted by Crippen LogP contribution is -2.28. The molecular formula is C16H20ClN3. The SMILES string of the molecule is CCCn1ncc(Cl)c1CC1CCc2ccccc2N1. The highest BCUT2D eigenvalue weighted by Crippen LogP contribution is 2.27. The zero-order chi connectivity index (χ0) is 13.9. The maximum absolute atomic E-state index is 6.29. The summed E-state index contributed by atoms with van der Waals surface area (Å²) in [6, 6.07) is 8.99. The Labute approximate surface area is 124 Å².